The van der Waals surface area contributed by atoms with Crippen LogP contribution in [0.1, 0.15) is 119 Å². The third-order valence-corrected chi connectivity index (χ3v) is 14.9. The molecule has 18 nitrogen and oxygen atoms in total. The first kappa shape index (κ1) is 69.2. The smallest absolute Gasteiger partial charge is 0.387 e. The summed E-state index contributed by atoms with van der Waals surface area (Å²) in [5.74, 6) is -1.77. The fourth-order valence-electron chi connectivity index (χ4n) is 10.3. The van der Waals surface area contributed by atoms with E-state index < -0.39 is 19.8 Å². The summed E-state index contributed by atoms with van der Waals surface area (Å²) in [7, 11) is 0. The highest BCUT2D eigenvalue weighted by Crippen LogP contribution is 2.34. The van der Waals surface area contributed by atoms with Gasteiger partial charge < -0.3 is 45.5 Å². The second-order valence-corrected chi connectivity index (χ2v) is 21.8. The summed E-state index contributed by atoms with van der Waals surface area (Å²) >= 11 is 0. The van der Waals surface area contributed by atoms with E-state index in [9.17, 15) is 70.4 Å². The second kappa shape index (κ2) is 31.0. The lowest BCUT2D eigenvalue weighted by Gasteiger charge is -2.12. The van der Waals surface area contributed by atoms with E-state index >= 15 is 0 Å². The number of aromatic hydroxyl groups is 3. The Morgan fingerprint density at radius 2 is 0.750 bits per heavy atom. The normalized spacial score (nSPS) is 11.5. The van der Waals surface area contributed by atoms with Crippen LogP contribution in [0.15, 0.2) is 127 Å². The van der Waals surface area contributed by atoms with Crippen molar-refractivity contribution in [2.75, 3.05) is 6.54 Å². The van der Waals surface area contributed by atoms with Crippen molar-refractivity contribution in [1.82, 2.24) is 29.7 Å². The molecule has 0 spiro atoms. The molecule has 6 aromatic carbocycles. The average molecular weight is 1280 g/mol. The number of nitrogens with zero attached hydrogens (tertiary/aromatic N) is 3. The first-order valence-corrected chi connectivity index (χ1v) is 29.3. The zero-order valence-electron chi connectivity index (χ0n) is 51.6. The maximum absolute atomic E-state index is 13.2. The number of fused-ring (bicyclic) bond motifs is 3. The molecule has 0 fully saturated rings. The number of aromatic nitrogens is 3. The van der Waals surface area contributed by atoms with Crippen molar-refractivity contribution in [3.05, 3.63) is 178 Å². The van der Waals surface area contributed by atoms with Gasteiger partial charge in [-0.25, -0.2) is 0 Å². The Morgan fingerprint density at radius 1 is 0.446 bits per heavy atom. The molecule has 0 aliphatic heterocycles. The number of carbonyl (C=O) groups excluding carboxylic acids is 6. The zero-order chi connectivity index (χ0) is 67.2. The highest BCUT2D eigenvalue weighted by molar-refractivity contribution is 6.07. The van der Waals surface area contributed by atoms with E-state index in [0.717, 1.165) is 19.3 Å². The monoisotopic (exact) mass is 1280 g/mol. The maximum atomic E-state index is 13.2. The number of rotatable bonds is 21. The summed E-state index contributed by atoms with van der Waals surface area (Å²) in [6.45, 7) is 6.53. The fourth-order valence-corrected chi connectivity index (χ4v) is 10.3. The molecule has 3 amide bonds. The molecule has 3 aromatic heterocycles. The van der Waals surface area contributed by atoms with Crippen molar-refractivity contribution in [2.45, 2.75) is 126 Å². The zero-order valence-corrected chi connectivity index (χ0v) is 51.6. The Labute approximate surface area is 525 Å². The Balaban J connectivity index is 0.000000196. The average Bonchev–Trinajstić information content (AvgIpc) is 1.63. The Hall–Kier alpha value is -10.3. The number of phenols is 3. The summed E-state index contributed by atoms with van der Waals surface area (Å²) in [5.41, 5.74) is 6.05. The second-order valence-electron chi connectivity index (χ2n) is 21.8. The largest absolute Gasteiger partial charge is 0.508 e. The molecular formula is C68H70F6N6O12. The molecule has 24 heteroatoms. The lowest BCUT2D eigenvalue weighted by Crippen LogP contribution is -2.33. The van der Waals surface area contributed by atoms with E-state index in [1.165, 1.54) is 123 Å². The topological polar surface area (TPSA) is 242 Å². The molecule has 0 bridgehead atoms. The Kier molecular flexibility index (Phi) is 23.3. The van der Waals surface area contributed by atoms with Crippen LogP contribution in [0.2, 0.25) is 0 Å². The number of hydrogen-bond donors (Lipinski definition) is 6. The highest BCUT2D eigenvalue weighted by Gasteiger charge is 2.26. The molecule has 1 atom stereocenters. The summed E-state index contributed by atoms with van der Waals surface area (Å²) < 4.78 is 91.5. The van der Waals surface area contributed by atoms with Crippen LogP contribution >= 0.6 is 0 Å². The van der Waals surface area contributed by atoms with E-state index in [0.29, 0.717) is 73.0 Å². The molecule has 1 unspecified atom stereocenters. The molecule has 6 N–H and O–H groups in total. The number of nitrogens with one attached hydrogen (secondary N) is 3. The third kappa shape index (κ3) is 17.2. The fraction of sp³-hybridized carbons (Fsp3) is 0.294. The van der Waals surface area contributed by atoms with Gasteiger partial charge in [0.1, 0.15) is 34.5 Å². The summed E-state index contributed by atoms with van der Waals surface area (Å²) in [6.07, 6.45) is 2.79. The maximum Gasteiger partial charge on any atom is 0.387 e. The lowest BCUT2D eigenvalue weighted by atomic mass is 10.1. The number of benzene rings is 6. The Bertz CT molecular complexity index is 4120. The summed E-state index contributed by atoms with van der Waals surface area (Å²) in [5, 5.41) is 40.2. The molecule has 3 heterocycles. The van der Waals surface area contributed by atoms with E-state index in [-0.39, 0.29) is 118 Å². The van der Waals surface area contributed by atoms with Crippen molar-refractivity contribution in [2.24, 2.45) is 0 Å². The van der Waals surface area contributed by atoms with Crippen LogP contribution in [-0.2, 0) is 33.6 Å². The van der Waals surface area contributed by atoms with Crippen molar-refractivity contribution < 1.29 is 84.6 Å². The van der Waals surface area contributed by atoms with Gasteiger partial charge in [0.15, 0.2) is 0 Å². The number of phenolic OH excluding ortho intramolecular Hbond substituents is 3. The first-order valence-electron chi connectivity index (χ1n) is 29.3. The van der Waals surface area contributed by atoms with Gasteiger partial charge in [-0.2, -0.15) is 26.3 Å². The molecule has 0 aliphatic rings. The number of ether oxygens (including phenoxy) is 3. The third-order valence-electron chi connectivity index (χ3n) is 14.9. The van der Waals surface area contributed by atoms with Crippen molar-refractivity contribution >= 4 is 68.2 Å². The molecule has 0 radical (unpaired) electrons. The van der Waals surface area contributed by atoms with Crippen molar-refractivity contribution in [3.8, 4) is 34.5 Å². The van der Waals surface area contributed by atoms with E-state index in [1.54, 1.807) is 39.0 Å². The van der Waals surface area contributed by atoms with Crippen LogP contribution in [0, 0.1) is 20.8 Å². The van der Waals surface area contributed by atoms with Crippen LogP contribution in [0.4, 0.5) is 26.3 Å². The van der Waals surface area contributed by atoms with Gasteiger partial charge in [-0.1, -0.05) is 20.3 Å². The van der Waals surface area contributed by atoms with Gasteiger partial charge in [-0.3, -0.25) is 42.5 Å². The van der Waals surface area contributed by atoms with Gasteiger partial charge in [0, 0.05) is 68.6 Å². The van der Waals surface area contributed by atoms with Gasteiger partial charge >= 0.3 is 19.8 Å². The van der Waals surface area contributed by atoms with Crippen molar-refractivity contribution in [1.29, 1.82) is 0 Å². The molecule has 9 rings (SSSR count). The molecule has 0 saturated heterocycles. The van der Waals surface area contributed by atoms with Gasteiger partial charge in [-0.05, 0) is 198 Å². The van der Waals surface area contributed by atoms with Crippen LogP contribution in [-0.4, -0.2) is 103 Å². The minimum absolute atomic E-state index is 0.0187. The lowest BCUT2D eigenvalue weighted by molar-refractivity contribution is -0.121. The highest BCUT2D eigenvalue weighted by atomic mass is 19.3. The predicted octanol–water partition coefficient (Wildman–Crippen LogP) is 12.8. The van der Waals surface area contributed by atoms with Crippen LogP contribution in [0.5, 0.6) is 34.5 Å². The van der Waals surface area contributed by atoms with E-state index in [4.69, 9.17) is 0 Å². The van der Waals surface area contributed by atoms with Gasteiger partial charge in [-0.15, -0.1) is 0 Å². The minimum atomic E-state index is -2.95. The molecule has 92 heavy (non-hydrogen) atoms. The van der Waals surface area contributed by atoms with Gasteiger partial charge in [0.05, 0.1) is 35.8 Å². The quantitative estimate of drug-likeness (QED) is 0.0291. The number of hydrogen-bond acceptors (Lipinski definition) is 12. The number of halogens is 6. The van der Waals surface area contributed by atoms with E-state index in [2.05, 4.69) is 30.2 Å². The molecule has 0 aliphatic carbocycles. The summed E-state index contributed by atoms with van der Waals surface area (Å²) in [6, 6.07) is 30.0. The summed E-state index contributed by atoms with van der Waals surface area (Å²) in [4.78, 5) is 76.9. The number of alkyl halides is 6. The minimum Gasteiger partial charge on any atom is -0.508 e. The first-order chi connectivity index (χ1) is 43.7. The van der Waals surface area contributed by atoms with Crippen LogP contribution in [0.3, 0.4) is 0 Å². The van der Waals surface area contributed by atoms with Crippen LogP contribution in [0.25, 0.3) is 32.7 Å². The SMILES string of the molecule is CCC(C)NC(=O)Cc1c(C)n(C(=O)c2ccc(OC(F)F)cc2)c2ccc(O)cc12.CCCCNC(=O)Cc1c(C)n(C(=O)c2ccc(OC(F)F)cc2)c2ccc(O)cc12.Cc1c(CC(=O)NC(C)C)c2cc(O)ccc2n1C(=O)c1ccc(OC(F)F)cc1. The van der Waals surface area contributed by atoms with Gasteiger partial charge in [0.25, 0.3) is 17.7 Å². The molecule has 486 valence electrons. The number of amides is 3. The predicted molar refractivity (Wildman–Crippen MR) is 334 cm³/mol. The molecular weight excluding hydrogens is 1210 g/mol. The number of carbonyl (C=O) groups is 6. The van der Waals surface area contributed by atoms with Crippen molar-refractivity contribution in [3.63, 3.8) is 0 Å². The molecule has 9 aromatic rings. The van der Waals surface area contributed by atoms with Crippen LogP contribution < -0.4 is 30.2 Å². The standard InChI is InChI=1S/2C23H24F2N2O4.C22H22F2N2O4/c1-4-13(2)26-21(29)12-18-14(3)27(20-10-7-16(28)11-19(18)20)22(30)15-5-8-17(9-6-15)31-23(24)25;1-3-4-11-26-21(29)13-18-14(2)27(20-10-7-16(28)12-19(18)20)22(30)15-5-8-17(9-6-15)31-23(24)25;1-12(2)25-20(28)11-17-13(3)26(19-9-6-15(27)10-18(17)19)21(29)14-4-7-16(8-5-14)30-22(23)24/h5-11,13,23,28H,4,12H2,1-3H3,(H,26,29);5-10,12,23,28H,3-4,11,13H2,1-2H3,(H,26,29);4-10,12,22,27H,11H2,1-3H3,(H,25,28). The Morgan fingerprint density at radius 3 is 1.03 bits per heavy atom. The molecule has 0 saturated carbocycles. The number of unbranched alkanes of at least 4 members (excludes halogenated alkanes) is 1. The van der Waals surface area contributed by atoms with E-state index in [1.807, 2.05) is 34.6 Å². The van der Waals surface area contributed by atoms with Gasteiger partial charge in [0.2, 0.25) is 17.7 Å².